The molecule has 0 radical (unpaired) electrons. The lowest BCUT2D eigenvalue weighted by atomic mass is 10.1. The minimum absolute atomic E-state index is 0.151. The molecule has 2 heterocycles. The number of amides is 2. The van der Waals surface area contributed by atoms with Crippen LogP contribution in [0.5, 0.6) is 0 Å². The van der Waals surface area contributed by atoms with Crippen molar-refractivity contribution in [3.63, 3.8) is 0 Å². The van der Waals surface area contributed by atoms with Crippen LogP contribution in [0.25, 0.3) is 0 Å². The first kappa shape index (κ1) is 28.5. The molecule has 1 aliphatic rings. The van der Waals surface area contributed by atoms with Gasteiger partial charge in [-0.2, -0.15) is 10.2 Å². The lowest BCUT2D eigenvalue weighted by Gasteiger charge is -2.34. The van der Waals surface area contributed by atoms with Gasteiger partial charge in [-0.05, 0) is 52.2 Å². The Bertz CT molecular complexity index is 1290. The summed E-state index contributed by atoms with van der Waals surface area (Å²) in [6.45, 7) is 8.66. The monoisotopic (exact) mass is 537 g/mol. The first-order chi connectivity index (χ1) is 18.2. The average molecular weight is 538 g/mol. The molecule has 0 spiro atoms. The Morgan fingerprint density at radius 2 is 2.11 bits per heavy atom. The van der Waals surface area contributed by atoms with Crippen LogP contribution in [0.4, 0.5) is 16.6 Å². The summed E-state index contributed by atoms with van der Waals surface area (Å²) < 4.78 is 7.12. The molecule has 1 aromatic heterocycles. The van der Waals surface area contributed by atoms with E-state index in [1.54, 1.807) is 29.7 Å². The van der Waals surface area contributed by atoms with Crippen molar-refractivity contribution in [3.8, 4) is 17.9 Å². The summed E-state index contributed by atoms with van der Waals surface area (Å²) in [6.07, 6.45) is 1.10. The highest BCUT2D eigenvalue weighted by Gasteiger charge is 2.30. The SMILES string of the molecule is CC#CCn1c(N2CCCC(NC(=O)OC(C)(C)C)C2)nc(N=CCl)c1C(=O)NCc1ccccc1C#N. The smallest absolute Gasteiger partial charge is 0.407 e. The van der Waals surface area contributed by atoms with Crippen LogP contribution in [-0.4, -0.2) is 52.0 Å². The van der Waals surface area contributed by atoms with Gasteiger partial charge >= 0.3 is 6.09 Å². The average Bonchev–Trinajstić information content (AvgIpc) is 3.23. The van der Waals surface area contributed by atoms with Crippen LogP contribution in [0.2, 0.25) is 0 Å². The number of aromatic nitrogens is 2. The van der Waals surface area contributed by atoms with E-state index in [0.717, 1.165) is 18.5 Å². The predicted octanol–water partition coefficient (Wildman–Crippen LogP) is 4.10. The van der Waals surface area contributed by atoms with Gasteiger partial charge in [0.1, 0.15) is 5.60 Å². The third kappa shape index (κ3) is 7.50. The fourth-order valence-corrected chi connectivity index (χ4v) is 4.22. The van der Waals surface area contributed by atoms with Gasteiger partial charge in [0.25, 0.3) is 5.91 Å². The third-order valence-corrected chi connectivity index (χ3v) is 5.83. The molecule has 11 heteroatoms. The molecule has 1 aliphatic heterocycles. The fourth-order valence-electron chi connectivity index (χ4n) is 4.13. The van der Waals surface area contributed by atoms with E-state index < -0.39 is 17.6 Å². The topological polar surface area (TPSA) is 125 Å². The normalized spacial score (nSPS) is 15.4. The maximum absolute atomic E-state index is 13.4. The predicted molar refractivity (Wildman–Crippen MR) is 147 cm³/mol. The van der Waals surface area contributed by atoms with Gasteiger partial charge in [0.05, 0.1) is 23.9 Å². The minimum atomic E-state index is -0.599. The Labute approximate surface area is 228 Å². The van der Waals surface area contributed by atoms with Crippen LogP contribution in [0.1, 0.15) is 62.2 Å². The number of hydrogen-bond acceptors (Lipinski definition) is 7. The molecule has 2 aromatic rings. The number of rotatable bonds is 7. The van der Waals surface area contributed by atoms with Crippen molar-refractivity contribution in [2.75, 3.05) is 18.0 Å². The molecule has 0 aliphatic carbocycles. The summed E-state index contributed by atoms with van der Waals surface area (Å²) in [7, 11) is 0. The summed E-state index contributed by atoms with van der Waals surface area (Å²) in [6, 6.07) is 9.03. The summed E-state index contributed by atoms with van der Waals surface area (Å²) in [5.74, 6) is 6.10. The van der Waals surface area contributed by atoms with E-state index in [2.05, 4.69) is 38.5 Å². The van der Waals surface area contributed by atoms with Gasteiger partial charge in [0.15, 0.2) is 11.5 Å². The second kappa shape index (κ2) is 13.0. The van der Waals surface area contributed by atoms with Gasteiger partial charge in [-0.1, -0.05) is 35.7 Å². The van der Waals surface area contributed by atoms with Crippen molar-refractivity contribution in [1.82, 2.24) is 20.2 Å². The van der Waals surface area contributed by atoms with Gasteiger partial charge in [0, 0.05) is 25.7 Å². The van der Waals surface area contributed by atoms with Crippen LogP contribution in [0.3, 0.4) is 0 Å². The van der Waals surface area contributed by atoms with Crippen molar-refractivity contribution in [1.29, 1.82) is 5.26 Å². The van der Waals surface area contributed by atoms with Gasteiger partial charge in [-0.25, -0.2) is 9.79 Å². The minimum Gasteiger partial charge on any atom is -0.444 e. The number of piperidine rings is 1. The number of nitrogens with zero attached hydrogens (tertiary/aromatic N) is 5. The Morgan fingerprint density at radius 3 is 2.79 bits per heavy atom. The molecule has 1 unspecified atom stereocenters. The van der Waals surface area contributed by atoms with Gasteiger partial charge in [0.2, 0.25) is 5.95 Å². The molecular weight excluding hydrogens is 506 g/mol. The number of nitrogens with one attached hydrogen (secondary N) is 2. The van der Waals surface area contributed by atoms with Crippen molar-refractivity contribution in [2.24, 2.45) is 4.99 Å². The highest BCUT2D eigenvalue weighted by Crippen LogP contribution is 2.28. The largest absolute Gasteiger partial charge is 0.444 e. The van der Waals surface area contributed by atoms with Crippen molar-refractivity contribution < 1.29 is 14.3 Å². The number of nitriles is 1. The van der Waals surface area contributed by atoms with E-state index >= 15 is 0 Å². The lowest BCUT2D eigenvalue weighted by molar-refractivity contribution is 0.0499. The summed E-state index contributed by atoms with van der Waals surface area (Å²) in [4.78, 5) is 36.5. The van der Waals surface area contributed by atoms with Crippen LogP contribution in [0, 0.1) is 23.2 Å². The number of carbonyl (C=O) groups is 2. The molecule has 0 saturated carbocycles. The van der Waals surface area contributed by atoms with E-state index in [4.69, 9.17) is 16.3 Å². The zero-order chi connectivity index (χ0) is 27.7. The highest BCUT2D eigenvalue weighted by molar-refractivity contribution is 6.56. The Morgan fingerprint density at radius 1 is 1.34 bits per heavy atom. The molecular formula is C27H32ClN7O3. The summed E-state index contributed by atoms with van der Waals surface area (Å²) in [5.41, 5.74) is 1.84. The van der Waals surface area contributed by atoms with Crippen LogP contribution in [0.15, 0.2) is 29.3 Å². The number of alkyl carbamates (subject to hydrolysis) is 1. The van der Waals surface area contributed by atoms with Crippen LogP contribution < -0.4 is 15.5 Å². The Kier molecular flexibility index (Phi) is 9.75. The summed E-state index contributed by atoms with van der Waals surface area (Å²) in [5, 5.41) is 15.2. The molecule has 1 saturated heterocycles. The Balaban J connectivity index is 1.89. The quantitative estimate of drug-likeness (QED) is 0.404. The molecule has 2 N–H and O–H groups in total. The van der Waals surface area contributed by atoms with E-state index in [9.17, 15) is 14.9 Å². The Hall–Kier alpha value is -4.02. The standard InChI is InChI=1S/C27H32ClN7O3/c1-5-6-14-35-22(24(36)30-16-20-11-8-7-10-19(20)15-29)23(31-18-28)33-25(35)34-13-9-12-21(17-34)32-26(37)38-27(2,3)4/h7-8,10-11,18,21H,9,12-14,16-17H2,1-4H3,(H,30,36)(H,32,37). The van der Waals surface area contributed by atoms with E-state index in [0.29, 0.717) is 30.2 Å². The zero-order valence-corrected chi connectivity index (χ0v) is 22.8. The molecule has 1 atom stereocenters. The molecule has 38 heavy (non-hydrogen) atoms. The maximum atomic E-state index is 13.4. The number of carbonyl (C=O) groups excluding carboxylic acids is 2. The third-order valence-electron chi connectivity index (χ3n) is 5.73. The van der Waals surface area contributed by atoms with Crippen LogP contribution >= 0.6 is 11.6 Å². The molecule has 10 nitrogen and oxygen atoms in total. The van der Waals surface area contributed by atoms with Crippen molar-refractivity contribution in [2.45, 2.75) is 65.3 Å². The number of anilines is 1. The van der Waals surface area contributed by atoms with Crippen molar-refractivity contribution in [3.05, 3.63) is 41.1 Å². The molecule has 1 fully saturated rings. The molecule has 2 amide bonds. The second-order valence-corrected chi connectivity index (χ2v) is 9.90. The summed E-state index contributed by atoms with van der Waals surface area (Å²) >= 11 is 5.80. The second-order valence-electron chi connectivity index (χ2n) is 9.71. The van der Waals surface area contributed by atoms with Gasteiger partial charge < -0.3 is 20.3 Å². The van der Waals surface area contributed by atoms with Gasteiger partial charge in [-0.15, -0.1) is 5.92 Å². The maximum Gasteiger partial charge on any atom is 0.407 e. The number of imidazole rings is 1. The highest BCUT2D eigenvalue weighted by atomic mass is 35.5. The fraction of sp³-hybridized carbons (Fsp3) is 0.444. The van der Waals surface area contributed by atoms with Crippen LogP contribution in [-0.2, 0) is 17.8 Å². The van der Waals surface area contributed by atoms with E-state index in [1.807, 2.05) is 31.7 Å². The number of ether oxygens (including phenoxy) is 1. The number of benzene rings is 1. The van der Waals surface area contributed by atoms with E-state index in [1.165, 1.54) is 0 Å². The number of hydrogen-bond donors (Lipinski definition) is 2. The molecule has 1 aromatic carbocycles. The molecule has 3 rings (SSSR count). The molecule has 200 valence electrons. The van der Waals surface area contributed by atoms with E-state index in [-0.39, 0.29) is 30.6 Å². The van der Waals surface area contributed by atoms with Crippen molar-refractivity contribution >= 4 is 41.0 Å². The van der Waals surface area contributed by atoms with Gasteiger partial charge in [-0.3, -0.25) is 9.36 Å². The zero-order valence-electron chi connectivity index (χ0n) is 22.0. The number of aliphatic imine (C=N–C) groups is 1. The first-order valence-corrected chi connectivity index (χ1v) is 12.7. The first-order valence-electron chi connectivity index (χ1n) is 12.3. The number of halogens is 1. The lowest BCUT2D eigenvalue weighted by Crippen LogP contribution is -2.49. The molecule has 0 bridgehead atoms.